The molecular weight excluding hydrogens is 1370 g/mol. The molecule has 0 unspecified atom stereocenters. The molecule has 3 rings (SSSR count). The number of para-hydroxylation sites is 1. The van der Waals surface area contributed by atoms with Gasteiger partial charge in [-0.15, -0.1) is 0 Å². The van der Waals surface area contributed by atoms with Crippen LogP contribution in [0.1, 0.15) is 0 Å². The summed E-state index contributed by atoms with van der Waals surface area (Å²) in [4.78, 5) is 0. The van der Waals surface area contributed by atoms with Crippen LogP contribution >= 0.6 is 223 Å². The Morgan fingerprint density at radius 1 is 0.500 bits per heavy atom. The van der Waals surface area contributed by atoms with Crippen LogP contribution in [-0.2, 0) is 0 Å². The lowest BCUT2D eigenvalue weighted by atomic mass is 9.92. The van der Waals surface area contributed by atoms with Crippen LogP contribution in [0.3, 0.4) is 0 Å². The van der Waals surface area contributed by atoms with Gasteiger partial charge in [0.15, 0.2) is 12.9 Å². The van der Waals surface area contributed by atoms with E-state index in [1.807, 2.05) is 36.4 Å². The average Bonchev–Trinajstić information content (AvgIpc) is 2.75. The molecule has 0 heterocycles. The SMILES string of the molecule is Brc1cc(OC2(Br)C(Br)(Br)C(Br)(Br)C(Br)(Oc3ccccc3)C(Br)(Br)C2(Br)Br)c(Br)c(Br)c1Br. The van der Waals surface area contributed by atoms with Crippen molar-refractivity contribution >= 4 is 223 Å². The number of rotatable bonds is 4. The number of halogens is 14. The zero-order valence-corrected chi connectivity index (χ0v) is 37.8. The third-order valence-electron chi connectivity index (χ3n) is 4.73. The molecule has 0 aromatic heterocycles. The van der Waals surface area contributed by atoms with E-state index in [1.54, 1.807) is 0 Å². The predicted molar refractivity (Wildman–Crippen MR) is 191 cm³/mol. The van der Waals surface area contributed by atoms with E-state index in [1.165, 1.54) is 0 Å². The second-order valence-corrected chi connectivity index (χ2v) is 26.0. The molecule has 2 aromatic rings. The van der Waals surface area contributed by atoms with E-state index in [9.17, 15) is 0 Å². The molecular formula is C18H6Br14O2. The first-order valence-electron chi connectivity index (χ1n) is 8.45. The highest BCUT2D eigenvalue weighted by atomic mass is 79.9. The van der Waals surface area contributed by atoms with Gasteiger partial charge < -0.3 is 9.47 Å². The third-order valence-corrected chi connectivity index (χ3v) is 29.8. The number of benzene rings is 2. The lowest BCUT2D eigenvalue weighted by Crippen LogP contribution is -2.82. The zero-order chi connectivity index (χ0) is 26.1. The van der Waals surface area contributed by atoms with Crippen molar-refractivity contribution in [3.05, 3.63) is 54.3 Å². The summed E-state index contributed by atoms with van der Waals surface area (Å²) in [6, 6.07) is 11.3. The first-order chi connectivity index (χ1) is 15.3. The molecule has 2 nitrogen and oxygen atoms in total. The van der Waals surface area contributed by atoms with E-state index in [4.69, 9.17) is 9.47 Å². The molecule has 0 spiro atoms. The molecule has 1 fully saturated rings. The van der Waals surface area contributed by atoms with Crippen molar-refractivity contribution < 1.29 is 9.47 Å². The van der Waals surface area contributed by atoms with Crippen LogP contribution in [0.25, 0.3) is 0 Å². The van der Waals surface area contributed by atoms with E-state index in [0.717, 1.165) is 13.4 Å². The summed E-state index contributed by atoms with van der Waals surface area (Å²) in [5, 5.41) is 0. The highest BCUT2D eigenvalue weighted by Crippen LogP contribution is 2.80. The Balaban J connectivity index is 2.25. The van der Waals surface area contributed by atoms with E-state index in [-0.39, 0.29) is 0 Å². The van der Waals surface area contributed by atoms with Crippen molar-refractivity contribution in [3.63, 3.8) is 0 Å². The van der Waals surface area contributed by atoms with Gasteiger partial charge >= 0.3 is 0 Å². The number of ether oxygens (including phenoxy) is 2. The third kappa shape index (κ3) is 5.02. The topological polar surface area (TPSA) is 18.5 Å². The Kier molecular flexibility index (Phi) is 11.2. The van der Waals surface area contributed by atoms with Gasteiger partial charge in [0.1, 0.15) is 11.5 Å². The minimum atomic E-state index is -1.29. The quantitative estimate of drug-likeness (QED) is 0.173. The van der Waals surface area contributed by atoms with E-state index >= 15 is 0 Å². The highest BCUT2D eigenvalue weighted by Gasteiger charge is 2.88. The van der Waals surface area contributed by atoms with E-state index < -0.39 is 22.0 Å². The van der Waals surface area contributed by atoms with Gasteiger partial charge in [-0.25, -0.2) is 0 Å². The fourth-order valence-electron chi connectivity index (χ4n) is 2.89. The smallest absolute Gasteiger partial charge is 0.217 e. The monoisotopic (exact) mass is 1360 g/mol. The maximum Gasteiger partial charge on any atom is 0.217 e. The van der Waals surface area contributed by atoms with Crippen LogP contribution in [0, 0.1) is 0 Å². The molecule has 0 atom stereocenters. The maximum atomic E-state index is 6.74. The minimum Gasteiger partial charge on any atom is -0.471 e. The lowest BCUT2D eigenvalue weighted by Gasteiger charge is -2.65. The first-order valence-corrected chi connectivity index (χ1v) is 19.6. The Morgan fingerprint density at radius 2 is 0.912 bits per heavy atom. The van der Waals surface area contributed by atoms with Gasteiger partial charge in [-0.1, -0.05) is 146 Å². The molecule has 0 radical (unpaired) electrons. The van der Waals surface area contributed by atoms with Crippen LogP contribution in [0.15, 0.2) is 54.3 Å². The van der Waals surface area contributed by atoms with E-state index in [0.29, 0.717) is 16.0 Å². The summed E-state index contributed by atoms with van der Waals surface area (Å²) in [6.07, 6.45) is 0. The molecule has 0 N–H and O–H groups in total. The van der Waals surface area contributed by atoms with Gasteiger partial charge in [0.05, 0.1) is 8.95 Å². The Morgan fingerprint density at radius 3 is 1.35 bits per heavy atom. The summed E-state index contributed by atoms with van der Waals surface area (Å²) in [5.74, 6) is 1.16. The molecule has 0 saturated heterocycles. The molecule has 188 valence electrons. The Labute approximate surface area is 314 Å². The molecule has 0 aliphatic heterocycles. The first kappa shape index (κ1) is 33.3. The summed E-state index contributed by atoms with van der Waals surface area (Å²) in [6.45, 7) is 0. The van der Waals surface area contributed by atoms with Crippen LogP contribution in [0.2, 0.25) is 0 Å². The predicted octanol–water partition coefficient (Wildman–Crippen LogP) is 13.3. The van der Waals surface area contributed by atoms with Gasteiger partial charge in [0.2, 0.25) is 9.02 Å². The summed E-state index contributed by atoms with van der Waals surface area (Å²) >= 11 is 53.1. The number of hydrogen-bond donors (Lipinski definition) is 0. The molecule has 1 aliphatic rings. The summed E-state index contributed by atoms with van der Waals surface area (Å²) in [5.41, 5.74) is 0. The van der Waals surface area contributed by atoms with Crippen LogP contribution in [0.4, 0.5) is 0 Å². The largest absolute Gasteiger partial charge is 0.471 e. The summed E-state index contributed by atoms with van der Waals surface area (Å²) < 4.78 is 9.45. The molecule has 0 bridgehead atoms. The molecule has 1 saturated carbocycles. The molecule has 16 heteroatoms. The standard InChI is InChI=1S/C18H6Br14O2/c19-8-6-9(11(21)12(22)10(8)20)34-18(32)15(27,28)13(23,24)17(31,14(25,26)16(18,29)30)33-7-4-2-1-3-5-7/h1-6H. The van der Waals surface area contributed by atoms with Crippen LogP contribution < -0.4 is 9.47 Å². The van der Waals surface area contributed by atoms with Crippen molar-refractivity contribution in [1.82, 2.24) is 0 Å². The van der Waals surface area contributed by atoms with Crippen molar-refractivity contribution in [2.45, 2.75) is 22.0 Å². The zero-order valence-electron chi connectivity index (χ0n) is 15.6. The van der Waals surface area contributed by atoms with Gasteiger partial charge in [-0.2, -0.15) is 0 Å². The normalized spacial score (nSPS) is 28.9. The fraction of sp³-hybridized carbons (Fsp3) is 0.333. The molecule has 1 aliphatic carbocycles. The fourth-order valence-corrected chi connectivity index (χ4v) is 16.0. The van der Waals surface area contributed by atoms with Crippen LogP contribution in [0.5, 0.6) is 11.5 Å². The lowest BCUT2D eigenvalue weighted by molar-refractivity contribution is 0.0499. The van der Waals surface area contributed by atoms with Crippen molar-refractivity contribution in [1.29, 1.82) is 0 Å². The molecule has 2 aromatic carbocycles. The number of hydrogen-bond acceptors (Lipinski definition) is 2. The Hall–Kier alpha value is 4.76. The maximum absolute atomic E-state index is 6.74. The van der Waals surface area contributed by atoms with Gasteiger partial charge in [0, 0.05) is 8.95 Å². The van der Waals surface area contributed by atoms with Crippen molar-refractivity contribution in [2.24, 2.45) is 0 Å². The van der Waals surface area contributed by atoms with Crippen molar-refractivity contribution in [3.8, 4) is 11.5 Å². The average molecular weight is 1370 g/mol. The van der Waals surface area contributed by atoms with Crippen molar-refractivity contribution in [2.75, 3.05) is 0 Å². The van der Waals surface area contributed by atoms with Gasteiger partial charge in [-0.3, -0.25) is 0 Å². The molecule has 0 amide bonds. The second-order valence-electron chi connectivity index (χ2n) is 6.80. The second kappa shape index (κ2) is 11.4. The highest BCUT2D eigenvalue weighted by molar-refractivity contribution is 9.33. The minimum absolute atomic E-state index is 0.531. The van der Waals surface area contributed by atoms with E-state index in [2.05, 4.69) is 223 Å². The number of alkyl halides is 10. The van der Waals surface area contributed by atoms with Gasteiger partial charge in [-0.05, 0) is 114 Å². The molecule has 34 heavy (non-hydrogen) atoms. The summed E-state index contributed by atoms with van der Waals surface area (Å²) in [7, 11) is 0. The van der Waals surface area contributed by atoms with Gasteiger partial charge in [0.25, 0.3) is 0 Å². The van der Waals surface area contributed by atoms with Crippen LogP contribution in [-0.4, -0.2) is 22.0 Å². The Bertz CT molecular complexity index is 1070.